The summed E-state index contributed by atoms with van der Waals surface area (Å²) in [7, 11) is 1.80. The Bertz CT molecular complexity index is 721. The molecule has 0 bridgehead atoms. The summed E-state index contributed by atoms with van der Waals surface area (Å²) in [6.45, 7) is 2.66. The van der Waals surface area contributed by atoms with Crippen molar-refractivity contribution in [3.8, 4) is 0 Å². The first kappa shape index (κ1) is 18.6. The Kier molecular flexibility index (Phi) is 5.65. The molecule has 0 aliphatic carbocycles. The quantitative estimate of drug-likeness (QED) is 0.712. The number of thiophene rings is 1. The standard InChI is InChI=1S/C16H18BrF3N4S/c1-23(15-6-14(16(18,19)20)21-10-22-15)12-3-2-4-24(7-12)8-13-5-11(17)9-25-13/h5-6,9-10,12H,2-4,7-8H2,1H3. The normalized spacial score (nSPS) is 19.2. The van der Waals surface area contributed by atoms with Crippen molar-refractivity contribution in [3.63, 3.8) is 0 Å². The minimum Gasteiger partial charge on any atom is -0.355 e. The smallest absolute Gasteiger partial charge is 0.355 e. The van der Waals surface area contributed by atoms with Gasteiger partial charge >= 0.3 is 6.18 Å². The summed E-state index contributed by atoms with van der Waals surface area (Å²) < 4.78 is 39.7. The van der Waals surface area contributed by atoms with Gasteiger partial charge < -0.3 is 4.90 Å². The van der Waals surface area contributed by atoms with E-state index >= 15 is 0 Å². The molecule has 1 atom stereocenters. The monoisotopic (exact) mass is 434 g/mol. The molecular weight excluding hydrogens is 417 g/mol. The Morgan fingerprint density at radius 2 is 2.16 bits per heavy atom. The van der Waals surface area contributed by atoms with Crippen LogP contribution in [-0.4, -0.2) is 41.0 Å². The molecule has 0 N–H and O–H groups in total. The number of hydrogen-bond donors (Lipinski definition) is 0. The summed E-state index contributed by atoms with van der Waals surface area (Å²) in [5.74, 6) is 0.313. The van der Waals surface area contributed by atoms with Crippen LogP contribution in [0.25, 0.3) is 0 Å². The van der Waals surface area contributed by atoms with Crippen LogP contribution in [0.15, 0.2) is 28.3 Å². The van der Waals surface area contributed by atoms with E-state index < -0.39 is 11.9 Å². The van der Waals surface area contributed by atoms with E-state index in [1.165, 1.54) is 4.88 Å². The molecule has 1 unspecified atom stereocenters. The summed E-state index contributed by atoms with van der Waals surface area (Å²) in [5.41, 5.74) is -0.902. The first-order valence-corrected chi connectivity index (χ1v) is 9.57. The fourth-order valence-corrected chi connectivity index (χ4v) is 4.52. The maximum Gasteiger partial charge on any atom is 0.433 e. The van der Waals surface area contributed by atoms with E-state index in [0.29, 0.717) is 5.82 Å². The third-order valence-corrected chi connectivity index (χ3v) is 6.02. The molecule has 0 saturated carbocycles. The average molecular weight is 435 g/mol. The summed E-state index contributed by atoms with van der Waals surface area (Å²) in [4.78, 5) is 12.8. The van der Waals surface area contributed by atoms with E-state index in [1.54, 1.807) is 18.4 Å². The zero-order chi connectivity index (χ0) is 18.0. The number of halogens is 4. The van der Waals surface area contributed by atoms with Crippen LogP contribution in [0.5, 0.6) is 0 Å². The molecule has 3 heterocycles. The Labute approximate surface area is 156 Å². The predicted molar refractivity (Wildman–Crippen MR) is 95.8 cm³/mol. The number of anilines is 1. The Balaban J connectivity index is 1.68. The van der Waals surface area contributed by atoms with E-state index in [9.17, 15) is 13.2 Å². The molecule has 1 saturated heterocycles. The third kappa shape index (κ3) is 4.71. The van der Waals surface area contributed by atoms with Crippen molar-refractivity contribution in [2.45, 2.75) is 31.6 Å². The number of hydrogen-bond acceptors (Lipinski definition) is 5. The van der Waals surface area contributed by atoms with Crippen LogP contribution in [0.3, 0.4) is 0 Å². The molecule has 3 rings (SSSR count). The summed E-state index contributed by atoms with van der Waals surface area (Å²) in [6, 6.07) is 3.26. The maximum atomic E-state index is 12.9. The Morgan fingerprint density at radius 3 is 2.84 bits per heavy atom. The number of piperidine rings is 1. The highest BCUT2D eigenvalue weighted by atomic mass is 79.9. The van der Waals surface area contributed by atoms with Crippen molar-refractivity contribution in [2.24, 2.45) is 0 Å². The van der Waals surface area contributed by atoms with Crippen LogP contribution in [0, 0.1) is 0 Å². The first-order valence-electron chi connectivity index (χ1n) is 7.90. The molecule has 9 heteroatoms. The maximum absolute atomic E-state index is 12.9. The average Bonchev–Trinajstić information content (AvgIpc) is 2.98. The summed E-state index contributed by atoms with van der Waals surface area (Å²) in [6.07, 6.45) is -1.52. The van der Waals surface area contributed by atoms with Gasteiger partial charge in [-0.05, 0) is 41.4 Å². The molecule has 1 aliphatic heterocycles. The number of nitrogens with zero attached hydrogens (tertiary/aromatic N) is 4. The molecule has 0 spiro atoms. The lowest BCUT2D eigenvalue weighted by atomic mass is 10.0. The van der Waals surface area contributed by atoms with Crippen molar-refractivity contribution >= 4 is 33.1 Å². The van der Waals surface area contributed by atoms with Crippen molar-refractivity contribution in [2.75, 3.05) is 25.0 Å². The molecule has 0 amide bonds. The second-order valence-corrected chi connectivity index (χ2v) is 8.04. The van der Waals surface area contributed by atoms with Crippen LogP contribution < -0.4 is 4.90 Å². The van der Waals surface area contributed by atoms with Crippen LogP contribution in [0.4, 0.5) is 19.0 Å². The molecule has 1 aliphatic rings. The van der Waals surface area contributed by atoms with Gasteiger partial charge in [-0.3, -0.25) is 4.90 Å². The topological polar surface area (TPSA) is 32.3 Å². The van der Waals surface area contributed by atoms with Gasteiger partial charge in [0.2, 0.25) is 0 Å². The lowest BCUT2D eigenvalue weighted by Gasteiger charge is -2.38. The van der Waals surface area contributed by atoms with E-state index in [0.717, 1.165) is 49.3 Å². The van der Waals surface area contributed by atoms with Crippen LogP contribution in [-0.2, 0) is 12.7 Å². The van der Waals surface area contributed by atoms with Gasteiger partial charge in [0.05, 0.1) is 0 Å². The molecule has 2 aromatic heterocycles. The number of alkyl halides is 3. The van der Waals surface area contributed by atoms with Gasteiger partial charge in [0.1, 0.15) is 17.8 Å². The van der Waals surface area contributed by atoms with Gasteiger partial charge in [-0.1, -0.05) is 0 Å². The summed E-state index contributed by atoms with van der Waals surface area (Å²) >= 11 is 5.17. The molecule has 0 radical (unpaired) electrons. The highest BCUT2D eigenvalue weighted by molar-refractivity contribution is 9.10. The molecular formula is C16H18BrF3N4S. The van der Waals surface area contributed by atoms with Crippen molar-refractivity contribution in [1.29, 1.82) is 0 Å². The third-order valence-electron chi connectivity index (χ3n) is 4.33. The lowest BCUT2D eigenvalue weighted by Crippen LogP contribution is -2.46. The van der Waals surface area contributed by atoms with Gasteiger partial charge in [-0.15, -0.1) is 11.3 Å². The minimum atomic E-state index is -4.45. The molecule has 25 heavy (non-hydrogen) atoms. The minimum absolute atomic E-state index is 0.133. The van der Waals surface area contributed by atoms with Crippen LogP contribution in [0.1, 0.15) is 23.4 Å². The zero-order valence-corrected chi connectivity index (χ0v) is 16.0. The molecule has 136 valence electrons. The number of likely N-dealkylation sites (tertiary alicyclic amines) is 1. The lowest BCUT2D eigenvalue weighted by molar-refractivity contribution is -0.141. The van der Waals surface area contributed by atoms with Gasteiger partial charge in [0.25, 0.3) is 0 Å². The fraction of sp³-hybridized carbons (Fsp3) is 0.500. The fourth-order valence-electron chi connectivity index (χ4n) is 3.03. The Hall–Kier alpha value is -1.19. The van der Waals surface area contributed by atoms with E-state index in [-0.39, 0.29) is 6.04 Å². The molecule has 2 aromatic rings. The Morgan fingerprint density at radius 1 is 1.36 bits per heavy atom. The van der Waals surface area contributed by atoms with Crippen LogP contribution in [0.2, 0.25) is 0 Å². The first-order chi connectivity index (χ1) is 11.8. The van der Waals surface area contributed by atoms with Crippen molar-refractivity contribution < 1.29 is 13.2 Å². The second kappa shape index (κ2) is 7.59. The number of aromatic nitrogens is 2. The molecule has 1 fully saturated rings. The highest BCUT2D eigenvalue weighted by Crippen LogP contribution is 2.30. The molecule has 4 nitrogen and oxygen atoms in total. The van der Waals surface area contributed by atoms with Gasteiger partial charge in [0.15, 0.2) is 0 Å². The van der Waals surface area contributed by atoms with Gasteiger partial charge in [-0.25, -0.2) is 9.97 Å². The molecule has 0 aromatic carbocycles. The SMILES string of the molecule is CN(c1cc(C(F)(F)F)ncn1)C1CCCN(Cc2cc(Br)cs2)C1. The number of rotatable bonds is 4. The largest absolute Gasteiger partial charge is 0.433 e. The van der Waals surface area contributed by atoms with Crippen molar-refractivity contribution in [1.82, 2.24) is 14.9 Å². The van der Waals surface area contributed by atoms with E-state index in [4.69, 9.17) is 0 Å². The van der Waals surface area contributed by atoms with E-state index in [1.807, 2.05) is 4.90 Å². The number of likely N-dealkylation sites (N-methyl/N-ethyl adjacent to an activating group) is 1. The van der Waals surface area contributed by atoms with E-state index in [2.05, 4.69) is 42.2 Å². The van der Waals surface area contributed by atoms with Gasteiger partial charge in [0, 0.05) is 47.0 Å². The van der Waals surface area contributed by atoms with Gasteiger partial charge in [-0.2, -0.15) is 13.2 Å². The summed E-state index contributed by atoms with van der Waals surface area (Å²) in [5, 5.41) is 2.06. The van der Waals surface area contributed by atoms with Crippen molar-refractivity contribution in [3.05, 3.63) is 38.9 Å². The van der Waals surface area contributed by atoms with Crippen LogP contribution >= 0.6 is 27.3 Å². The second-order valence-electron chi connectivity index (χ2n) is 6.13. The predicted octanol–water partition coefficient (Wildman–Crippen LogP) is 4.42. The highest BCUT2D eigenvalue weighted by Gasteiger charge is 2.34. The zero-order valence-electron chi connectivity index (χ0n) is 13.6.